The first-order valence-electron chi connectivity index (χ1n) is 10.5. The van der Waals surface area contributed by atoms with E-state index in [1.165, 1.54) is 6.07 Å². The molecule has 3 heterocycles. The summed E-state index contributed by atoms with van der Waals surface area (Å²) in [6.07, 6.45) is 4.76. The van der Waals surface area contributed by atoms with Gasteiger partial charge in [-0.3, -0.25) is 0 Å². The van der Waals surface area contributed by atoms with Gasteiger partial charge in [0.1, 0.15) is 0 Å². The highest BCUT2D eigenvalue weighted by Crippen LogP contribution is 2.40. The zero-order valence-corrected chi connectivity index (χ0v) is 17.4. The Balaban J connectivity index is 1.52. The highest BCUT2D eigenvalue weighted by molar-refractivity contribution is 5.80. The van der Waals surface area contributed by atoms with Crippen LogP contribution in [-0.4, -0.2) is 32.7 Å². The number of alkyl halides is 2. The Labute approximate surface area is 178 Å². The third-order valence-corrected chi connectivity index (χ3v) is 5.93. The summed E-state index contributed by atoms with van der Waals surface area (Å²) < 4.78 is 34.6. The van der Waals surface area contributed by atoms with Gasteiger partial charge in [-0.25, -0.2) is 13.8 Å². The molecular weight excluding hydrogens is 400 g/mol. The Morgan fingerprint density at radius 1 is 1.13 bits per heavy atom. The molecule has 2 aromatic carbocycles. The van der Waals surface area contributed by atoms with E-state index in [0.29, 0.717) is 17.1 Å². The van der Waals surface area contributed by atoms with Gasteiger partial charge in [0.15, 0.2) is 0 Å². The van der Waals surface area contributed by atoms with Gasteiger partial charge in [0.05, 0.1) is 17.4 Å². The number of hydrogen-bond acceptors (Lipinski definition) is 5. The maximum absolute atomic E-state index is 14.6. The van der Waals surface area contributed by atoms with Gasteiger partial charge in [0, 0.05) is 41.9 Å². The zero-order chi connectivity index (χ0) is 21.6. The molecule has 31 heavy (non-hydrogen) atoms. The molecule has 0 radical (unpaired) electrons. The van der Waals surface area contributed by atoms with Crippen molar-refractivity contribution in [3.05, 3.63) is 48.3 Å². The van der Waals surface area contributed by atoms with E-state index in [1.54, 1.807) is 18.5 Å². The maximum Gasteiger partial charge on any atom is 0.272 e. The standard InChI is InChI=1S/C23H23F2N5O/c1-14-5-3-4-10-30(14)20-9-7-16(11-17(20)23(2,24)25)22-28-21(29-31-22)15-6-8-18-19(12-15)27-13-26-18/h6-9,11-14H,3-5,10H2,1-2H3,(H,26,27)/t14-/m1/s1. The Morgan fingerprint density at radius 3 is 2.77 bits per heavy atom. The van der Waals surface area contributed by atoms with Crippen LogP contribution in [0.25, 0.3) is 33.9 Å². The minimum atomic E-state index is -2.99. The number of nitrogens with one attached hydrogen (secondary N) is 1. The van der Waals surface area contributed by atoms with Gasteiger partial charge in [-0.1, -0.05) is 5.16 Å². The van der Waals surface area contributed by atoms with Crippen LogP contribution >= 0.6 is 0 Å². The molecule has 0 aliphatic carbocycles. The fraction of sp³-hybridized carbons (Fsp3) is 0.348. The lowest BCUT2D eigenvalue weighted by Crippen LogP contribution is -2.38. The second kappa shape index (κ2) is 7.44. The number of hydrogen-bond donors (Lipinski definition) is 1. The van der Waals surface area contributed by atoms with E-state index in [2.05, 4.69) is 31.9 Å². The van der Waals surface area contributed by atoms with Gasteiger partial charge in [-0.15, -0.1) is 0 Å². The average molecular weight is 423 g/mol. The predicted octanol–water partition coefficient (Wildman–Crippen LogP) is 5.77. The van der Waals surface area contributed by atoms with Gasteiger partial charge >= 0.3 is 0 Å². The Bertz CT molecular complexity index is 1230. The number of H-pyrrole nitrogens is 1. The molecular formula is C23H23F2N5O. The molecule has 0 amide bonds. The molecule has 5 rings (SSSR count). The van der Waals surface area contributed by atoms with Gasteiger partial charge in [0.2, 0.25) is 5.82 Å². The molecule has 1 aliphatic heterocycles. The average Bonchev–Trinajstić information content (AvgIpc) is 3.42. The third kappa shape index (κ3) is 3.66. The largest absolute Gasteiger partial charge is 0.368 e. The van der Waals surface area contributed by atoms with E-state index in [0.717, 1.165) is 49.3 Å². The summed E-state index contributed by atoms with van der Waals surface area (Å²) in [6.45, 7) is 3.80. The van der Waals surface area contributed by atoms with Gasteiger partial charge in [0.25, 0.3) is 11.8 Å². The molecule has 2 aromatic heterocycles. The molecule has 1 fully saturated rings. The van der Waals surface area contributed by atoms with Crippen LogP contribution < -0.4 is 4.90 Å². The van der Waals surface area contributed by atoms with E-state index in [4.69, 9.17) is 4.52 Å². The minimum absolute atomic E-state index is 0.0172. The number of fused-ring (bicyclic) bond motifs is 1. The summed E-state index contributed by atoms with van der Waals surface area (Å²) in [4.78, 5) is 13.8. The number of anilines is 1. The number of benzene rings is 2. The van der Waals surface area contributed by atoms with E-state index in [9.17, 15) is 8.78 Å². The molecule has 1 N–H and O–H groups in total. The van der Waals surface area contributed by atoms with Crippen molar-refractivity contribution in [3.63, 3.8) is 0 Å². The van der Waals surface area contributed by atoms with Crippen LogP contribution in [0.15, 0.2) is 47.2 Å². The normalized spacial score (nSPS) is 17.4. The first kappa shape index (κ1) is 19.7. The van der Waals surface area contributed by atoms with Crippen LogP contribution in [0.5, 0.6) is 0 Å². The second-order valence-corrected chi connectivity index (χ2v) is 8.22. The number of aromatic nitrogens is 4. The Kier molecular flexibility index (Phi) is 4.72. The number of piperidine rings is 1. The summed E-state index contributed by atoms with van der Waals surface area (Å²) in [6, 6.07) is 10.8. The summed E-state index contributed by atoms with van der Waals surface area (Å²) in [5.41, 5.74) is 3.48. The first-order valence-corrected chi connectivity index (χ1v) is 10.5. The summed E-state index contributed by atoms with van der Waals surface area (Å²) in [5.74, 6) is -2.39. The van der Waals surface area contributed by atoms with Crippen LogP contribution in [-0.2, 0) is 5.92 Å². The molecule has 1 aliphatic rings. The fourth-order valence-electron chi connectivity index (χ4n) is 4.26. The first-order chi connectivity index (χ1) is 14.9. The van der Waals surface area contributed by atoms with Crippen LogP contribution in [0.3, 0.4) is 0 Å². The molecule has 0 unspecified atom stereocenters. The monoisotopic (exact) mass is 423 g/mol. The van der Waals surface area contributed by atoms with Crippen molar-refractivity contribution < 1.29 is 13.3 Å². The molecule has 1 atom stereocenters. The minimum Gasteiger partial charge on any atom is -0.368 e. The molecule has 6 nitrogen and oxygen atoms in total. The van der Waals surface area contributed by atoms with Crippen LogP contribution in [0.4, 0.5) is 14.5 Å². The molecule has 8 heteroatoms. The SMILES string of the molecule is C[C@@H]1CCCCN1c1ccc(-c2nc(-c3ccc4[nH]cnc4c3)no2)cc1C(C)(F)F. The van der Waals surface area contributed by atoms with Crippen molar-refractivity contribution in [1.82, 2.24) is 20.1 Å². The van der Waals surface area contributed by atoms with Gasteiger partial charge < -0.3 is 14.4 Å². The number of imidazole rings is 1. The second-order valence-electron chi connectivity index (χ2n) is 8.22. The number of rotatable bonds is 4. The molecule has 160 valence electrons. The fourth-order valence-corrected chi connectivity index (χ4v) is 4.26. The van der Waals surface area contributed by atoms with E-state index in [-0.39, 0.29) is 17.5 Å². The van der Waals surface area contributed by atoms with Crippen molar-refractivity contribution in [2.24, 2.45) is 0 Å². The number of aromatic amines is 1. The van der Waals surface area contributed by atoms with Crippen molar-refractivity contribution in [1.29, 1.82) is 0 Å². The van der Waals surface area contributed by atoms with Crippen LogP contribution in [0.1, 0.15) is 38.7 Å². The Hall–Kier alpha value is -3.29. The smallest absolute Gasteiger partial charge is 0.272 e. The quantitative estimate of drug-likeness (QED) is 0.451. The summed E-state index contributed by atoms with van der Waals surface area (Å²) in [5, 5.41) is 4.05. The highest BCUT2D eigenvalue weighted by Gasteiger charge is 2.32. The van der Waals surface area contributed by atoms with E-state index >= 15 is 0 Å². The van der Waals surface area contributed by atoms with E-state index < -0.39 is 5.92 Å². The van der Waals surface area contributed by atoms with E-state index in [1.807, 2.05) is 18.2 Å². The van der Waals surface area contributed by atoms with Crippen LogP contribution in [0, 0.1) is 0 Å². The van der Waals surface area contributed by atoms with Crippen LogP contribution in [0.2, 0.25) is 0 Å². The lowest BCUT2D eigenvalue weighted by molar-refractivity contribution is 0.0179. The Morgan fingerprint density at radius 2 is 1.97 bits per heavy atom. The lowest BCUT2D eigenvalue weighted by atomic mass is 9.97. The molecule has 0 bridgehead atoms. The predicted molar refractivity (Wildman–Crippen MR) is 115 cm³/mol. The highest BCUT2D eigenvalue weighted by atomic mass is 19.3. The van der Waals surface area contributed by atoms with Gasteiger partial charge in [-0.05, 0) is 62.6 Å². The maximum atomic E-state index is 14.6. The van der Waals surface area contributed by atoms with Crippen molar-refractivity contribution >= 4 is 16.7 Å². The van der Waals surface area contributed by atoms with Gasteiger partial charge in [-0.2, -0.15) is 4.98 Å². The molecule has 0 saturated carbocycles. The molecule has 0 spiro atoms. The summed E-state index contributed by atoms with van der Waals surface area (Å²) >= 11 is 0. The van der Waals surface area contributed by atoms with Crippen molar-refractivity contribution in [3.8, 4) is 22.8 Å². The summed E-state index contributed by atoms with van der Waals surface area (Å²) in [7, 11) is 0. The third-order valence-electron chi connectivity index (χ3n) is 5.93. The number of nitrogens with zero attached hydrogens (tertiary/aromatic N) is 4. The molecule has 1 saturated heterocycles. The topological polar surface area (TPSA) is 70.8 Å². The number of halogens is 2. The zero-order valence-electron chi connectivity index (χ0n) is 17.4. The molecule has 4 aromatic rings. The van der Waals surface area contributed by atoms with Crippen molar-refractivity contribution in [2.75, 3.05) is 11.4 Å². The van der Waals surface area contributed by atoms with Crippen molar-refractivity contribution in [2.45, 2.75) is 45.1 Å². The lowest BCUT2D eigenvalue weighted by Gasteiger charge is -2.37.